The molecule has 126 valence electrons. The molecule has 4 heterocycles. The second-order valence-electron chi connectivity index (χ2n) is 6.73. The van der Waals surface area contributed by atoms with Crippen LogP contribution in [0.1, 0.15) is 22.7 Å². The van der Waals surface area contributed by atoms with Gasteiger partial charge in [-0.25, -0.2) is 4.68 Å². The van der Waals surface area contributed by atoms with Gasteiger partial charge in [0.05, 0.1) is 0 Å². The fraction of sp³-hybridized carbons (Fsp3) is 0.533. The average Bonchev–Trinajstić information content (AvgIpc) is 3.24. The van der Waals surface area contributed by atoms with Crippen molar-refractivity contribution in [2.24, 2.45) is 19.5 Å². The number of rotatable bonds is 1. The molecule has 2 aromatic rings. The highest BCUT2D eigenvalue weighted by Gasteiger charge is 2.46. The Kier molecular flexibility index (Phi) is 3.03. The minimum atomic E-state index is -0.614. The number of aryl methyl sites for hydroxylation is 2. The molecule has 1 atom stereocenters. The number of fused-ring (bicyclic) bond motifs is 1. The summed E-state index contributed by atoms with van der Waals surface area (Å²) in [5.74, 6) is 0.565. The molecule has 1 saturated heterocycles. The van der Waals surface area contributed by atoms with E-state index in [9.17, 15) is 14.4 Å². The van der Waals surface area contributed by atoms with Crippen LogP contribution in [0.3, 0.4) is 0 Å². The van der Waals surface area contributed by atoms with Crippen LogP contribution in [0.4, 0.5) is 0 Å². The highest BCUT2D eigenvalue weighted by molar-refractivity contribution is 5.92. The summed E-state index contributed by atoms with van der Waals surface area (Å²) in [6, 6.07) is 1.70. The summed E-state index contributed by atoms with van der Waals surface area (Å²) < 4.78 is 4.13. The lowest BCUT2D eigenvalue weighted by atomic mass is 9.86. The maximum Gasteiger partial charge on any atom is 0.332 e. The zero-order valence-corrected chi connectivity index (χ0v) is 13.6. The number of likely N-dealkylation sites (tertiary alicyclic amines) is 1. The van der Waals surface area contributed by atoms with E-state index < -0.39 is 11.1 Å². The van der Waals surface area contributed by atoms with Gasteiger partial charge in [-0.15, -0.1) is 0 Å². The van der Waals surface area contributed by atoms with Gasteiger partial charge in [0.1, 0.15) is 11.5 Å². The summed E-state index contributed by atoms with van der Waals surface area (Å²) in [6.45, 7) is 1.63. The van der Waals surface area contributed by atoms with E-state index in [2.05, 4.69) is 10.2 Å². The van der Waals surface area contributed by atoms with Crippen LogP contribution in [0.2, 0.25) is 0 Å². The molecule has 24 heavy (non-hydrogen) atoms. The minimum absolute atomic E-state index is 0.0572. The number of carbonyl (C=O) groups is 1. The van der Waals surface area contributed by atoms with Crippen LogP contribution in [0.25, 0.3) is 0 Å². The predicted molar refractivity (Wildman–Crippen MR) is 83.6 cm³/mol. The number of amides is 1. The monoisotopic (exact) mass is 330 g/mol. The third-order valence-corrected chi connectivity index (χ3v) is 5.09. The summed E-state index contributed by atoms with van der Waals surface area (Å²) in [7, 11) is 3.23. The first-order valence-electron chi connectivity index (χ1n) is 7.85. The summed E-state index contributed by atoms with van der Waals surface area (Å²) in [5.41, 5.74) is -0.813. The van der Waals surface area contributed by atoms with Gasteiger partial charge in [0.15, 0.2) is 0 Å². The van der Waals surface area contributed by atoms with Crippen LogP contribution in [0.5, 0.6) is 0 Å². The van der Waals surface area contributed by atoms with Gasteiger partial charge in [-0.05, 0) is 12.5 Å². The standard InChI is InChI=1S/C15H18N6O3/c1-18-10(3-5-16-18)12(22)20-6-4-15(8-20)7-11-17-19(2)13(23)14(24)21(11)9-15/h3,5H,4,6-9H2,1-2H3/t15-/m0/s1. The number of carbonyl (C=O) groups excluding carboxylic acids is 1. The number of hydrogen-bond donors (Lipinski definition) is 0. The molecule has 1 amide bonds. The second kappa shape index (κ2) is 4.89. The van der Waals surface area contributed by atoms with E-state index in [0.29, 0.717) is 37.6 Å². The van der Waals surface area contributed by atoms with E-state index in [4.69, 9.17) is 0 Å². The van der Waals surface area contributed by atoms with Crippen molar-refractivity contribution >= 4 is 5.91 Å². The Morgan fingerprint density at radius 3 is 2.67 bits per heavy atom. The Hall–Kier alpha value is -2.71. The normalized spacial score (nSPS) is 22.3. The molecule has 2 aromatic heterocycles. The first kappa shape index (κ1) is 14.9. The van der Waals surface area contributed by atoms with Gasteiger partial charge in [0.2, 0.25) is 0 Å². The van der Waals surface area contributed by atoms with E-state index >= 15 is 0 Å². The van der Waals surface area contributed by atoms with E-state index in [-0.39, 0.29) is 11.3 Å². The van der Waals surface area contributed by atoms with Crippen LogP contribution in [-0.4, -0.2) is 48.0 Å². The first-order chi connectivity index (χ1) is 11.4. The van der Waals surface area contributed by atoms with Crippen molar-refractivity contribution in [2.45, 2.75) is 19.4 Å². The van der Waals surface area contributed by atoms with Crippen molar-refractivity contribution in [2.75, 3.05) is 13.1 Å². The predicted octanol–water partition coefficient (Wildman–Crippen LogP) is -1.24. The Morgan fingerprint density at radius 2 is 1.96 bits per heavy atom. The van der Waals surface area contributed by atoms with E-state index in [1.54, 1.807) is 28.9 Å². The highest BCUT2D eigenvalue weighted by Crippen LogP contribution is 2.39. The molecule has 0 radical (unpaired) electrons. The summed E-state index contributed by atoms with van der Waals surface area (Å²) in [4.78, 5) is 38.4. The van der Waals surface area contributed by atoms with Gasteiger partial charge in [-0.3, -0.25) is 23.6 Å². The molecule has 2 aliphatic rings. The van der Waals surface area contributed by atoms with Gasteiger partial charge in [-0.1, -0.05) is 0 Å². The molecular formula is C15H18N6O3. The van der Waals surface area contributed by atoms with E-state index in [1.807, 2.05) is 0 Å². The van der Waals surface area contributed by atoms with Crippen molar-refractivity contribution in [1.82, 2.24) is 29.0 Å². The number of nitrogens with zero attached hydrogens (tertiary/aromatic N) is 6. The molecule has 0 bridgehead atoms. The van der Waals surface area contributed by atoms with E-state index in [0.717, 1.165) is 11.1 Å². The van der Waals surface area contributed by atoms with Gasteiger partial charge in [0, 0.05) is 51.8 Å². The molecule has 1 spiro atoms. The van der Waals surface area contributed by atoms with Gasteiger partial charge in [0.25, 0.3) is 5.91 Å². The quantitative estimate of drug-likeness (QED) is 0.610. The maximum atomic E-state index is 12.6. The van der Waals surface area contributed by atoms with Gasteiger partial charge < -0.3 is 4.90 Å². The van der Waals surface area contributed by atoms with Crippen molar-refractivity contribution < 1.29 is 4.79 Å². The van der Waals surface area contributed by atoms with Crippen LogP contribution >= 0.6 is 0 Å². The maximum absolute atomic E-state index is 12.6. The lowest BCUT2D eigenvalue weighted by molar-refractivity contribution is 0.0761. The molecular weight excluding hydrogens is 312 g/mol. The number of hydrogen-bond acceptors (Lipinski definition) is 5. The smallest absolute Gasteiger partial charge is 0.332 e. The molecule has 0 unspecified atom stereocenters. The van der Waals surface area contributed by atoms with Gasteiger partial charge >= 0.3 is 11.1 Å². The Labute approximate surface area is 137 Å². The average molecular weight is 330 g/mol. The molecule has 9 heteroatoms. The van der Waals surface area contributed by atoms with Crippen molar-refractivity contribution in [3.63, 3.8) is 0 Å². The summed E-state index contributed by atoms with van der Waals surface area (Å²) in [6.07, 6.45) is 2.99. The second-order valence-corrected chi connectivity index (χ2v) is 6.73. The lowest BCUT2D eigenvalue weighted by Gasteiger charge is -2.22. The first-order valence-corrected chi connectivity index (χ1v) is 7.85. The lowest BCUT2D eigenvalue weighted by Crippen LogP contribution is -2.42. The van der Waals surface area contributed by atoms with Crippen molar-refractivity contribution in [3.8, 4) is 0 Å². The molecule has 2 aliphatic heterocycles. The highest BCUT2D eigenvalue weighted by atomic mass is 16.2. The third-order valence-electron chi connectivity index (χ3n) is 5.09. The molecule has 0 aromatic carbocycles. The molecule has 4 rings (SSSR count). The Bertz CT molecular complexity index is 955. The molecule has 0 N–H and O–H groups in total. The largest absolute Gasteiger partial charge is 0.337 e. The van der Waals surface area contributed by atoms with Gasteiger partial charge in [-0.2, -0.15) is 10.2 Å². The topological polar surface area (TPSA) is 95.0 Å². The molecule has 0 aliphatic carbocycles. The SMILES string of the molecule is Cn1nccc1C(=O)N1CC[C@]2(Cc3nn(C)c(=O)c(=O)n3C2)C1. The summed E-state index contributed by atoms with van der Waals surface area (Å²) >= 11 is 0. The third kappa shape index (κ3) is 2.04. The van der Waals surface area contributed by atoms with E-state index in [1.165, 1.54) is 11.6 Å². The van der Waals surface area contributed by atoms with Crippen LogP contribution < -0.4 is 11.1 Å². The fourth-order valence-electron chi connectivity index (χ4n) is 3.79. The van der Waals surface area contributed by atoms with Crippen molar-refractivity contribution in [1.29, 1.82) is 0 Å². The molecule has 1 fully saturated rings. The number of aromatic nitrogens is 5. The Morgan fingerprint density at radius 1 is 1.17 bits per heavy atom. The fourth-order valence-corrected chi connectivity index (χ4v) is 3.79. The molecule has 9 nitrogen and oxygen atoms in total. The van der Waals surface area contributed by atoms with Crippen LogP contribution in [-0.2, 0) is 27.1 Å². The van der Waals surface area contributed by atoms with Crippen LogP contribution in [0.15, 0.2) is 21.9 Å². The van der Waals surface area contributed by atoms with Crippen LogP contribution in [0, 0.1) is 5.41 Å². The minimum Gasteiger partial charge on any atom is -0.337 e. The Balaban J connectivity index is 1.61. The zero-order chi connectivity index (χ0) is 17.1. The zero-order valence-electron chi connectivity index (χ0n) is 13.6. The van der Waals surface area contributed by atoms with Crippen molar-refractivity contribution in [3.05, 3.63) is 44.5 Å². The summed E-state index contributed by atoms with van der Waals surface area (Å²) in [5, 5.41) is 8.25. The molecule has 0 saturated carbocycles.